The average molecular weight is 314 g/mol. The van der Waals surface area contributed by atoms with E-state index in [0.717, 1.165) is 21.9 Å². The molecular weight excluding hydrogens is 296 g/mol. The van der Waals surface area contributed by atoms with Gasteiger partial charge in [0.25, 0.3) is 0 Å². The van der Waals surface area contributed by atoms with Gasteiger partial charge in [0.2, 0.25) is 0 Å². The Kier molecular flexibility index (Phi) is 4.94. The van der Waals surface area contributed by atoms with Gasteiger partial charge in [-0.15, -0.1) is 11.8 Å². The van der Waals surface area contributed by atoms with Crippen LogP contribution in [0.5, 0.6) is 0 Å². The highest BCUT2D eigenvalue weighted by Crippen LogP contribution is 2.43. The number of rotatable bonds is 4. The molecule has 0 aromatic heterocycles. The zero-order valence-corrected chi connectivity index (χ0v) is 13.6. The van der Waals surface area contributed by atoms with Gasteiger partial charge in [0, 0.05) is 16.3 Å². The van der Waals surface area contributed by atoms with Gasteiger partial charge in [0.05, 0.1) is 23.1 Å². The van der Waals surface area contributed by atoms with Crippen LogP contribution in [0.4, 0.5) is 0 Å². The number of hydrogen-bond donors (Lipinski definition) is 2. The summed E-state index contributed by atoms with van der Waals surface area (Å²) in [5, 5.41) is 21.9. The Bertz CT molecular complexity index is 714. The SMILES string of the molecule is CCSC1=C(C)NC(C)=C(C(=O)O)C1c1cccc(C#N)c1. The molecule has 4 nitrogen and oxygen atoms in total. The number of aliphatic carboxylic acids is 1. The number of carbonyl (C=O) groups is 1. The molecule has 22 heavy (non-hydrogen) atoms. The van der Waals surface area contributed by atoms with Crippen molar-refractivity contribution in [1.29, 1.82) is 5.26 Å². The second-order valence-electron chi connectivity index (χ2n) is 5.06. The highest BCUT2D eigenvalue weighted by molar-refractivity contribution is 8.03. The molecule has 0 amide bonds. The fourth-order valence-electron chi connectivity index (χ4n) is 2.71. The van der Waals surface area contributed by atoms with Crippen LogP contribution < -0.4 is 5.32 Å². The monoisotopic (exact) mass is 314 g/mol. The normalized spacial score (nSPS) is 18.0. The highest BCUT2D eigenvalue weighted by Gasteiger charge is 2.33. The maximum absolute atomic E-state index is 11.8. The number of dihydropyridines is 1. The number of carboxylic acid groups (broad SMARTS) is 1. The molecule has 0 saturated heterocycles. The summed E-state index contributed by atoms with van der Waals surface area (Å²) in [6, 6.07) is 9.30. The van der Waals surface area contributed by atoms with Crippen LogP contribution >= 0.6 is 11.8 Å². The van der Waals surface area contributed by atoms with E-state index >= 15 is 0 Å². The number of nitrogens with one attached hydrogen (secondary N) is 1. The Balaban J connectivity index is 2.64. The Morgan fingerprint density at radius 3 is 2.73 bits per heavy atom. The molecule has 1 heterocycles. The van der Waals surface area contributed by atoms with Crippen LogP contribution in [-0.2, 0) is 4.79 Å². The van der Waals surface area contributed by atoms with Crippen LogP contribution in [0.2, 0.25) is 0 Å². The van der Waals surface area contributed by atoms with Crippen LogP contribution in [-0.4, -0.2) is 16.8 Å². The lowest BCUT2D eigenvalue weighted by molar-refractivity contribution is -0.133. The summed E-state index contributed by atoms with van der Waals surface area (Å²) in [5.41, 5.74) is 3.35. The van der Waals surface area contributed by atoms with Crippen molar-refractivity contribution >= 4 is 17.7 Å². The lowest BCUT2D eigenvalue weighted by Crippen LogP contribution is -2.27. The van der Waals surface area contributed by atoms with E-state index in [1.165, 1.54) is 0 Å². The summed E-state index contributed by atoms with van der Waals surface area (Å²) in [5.74, 6) is -0.412. The minimum Gasteiger partial charge on any atom is -0.478 e. The Labute approximate surface area is 134 Å². The molecule has 2 N–H and O–H groups in total. The number of thioether (sulfide) groups is 1. The molecule has 114 valence electrons. The Hall–Kier alpha value is -2.19. The quantitative estimate of drug-likeness (QED) is 0.888. The largest absolute Gasteiger partial charge is 0.478 e. The summed E-state index contributed by atoms with van der Waals surface area (Å²) in [4.78, 5) is 12.8. The van der Waals surface area contributed by atoms with E-state index in [1.807, 2.05) is 19.9 Å². The summed E-state index contributed by atoms with van der Waals surface area (Å²) < 4.78 is 0. The van der Waals surface area contributed by atoms with E-state index in [4.69, 9.17) is 5.26 Å². The topological polar surface area (TPSA) is 73.1 Å². The average Bonchev–Trinajstić information content (AvgIpc) is 2.49. The van der Waals surface area contributed by atoms with E-state index in [1.54, 1.807) is 36.9 Å². The molecular formula is C17H18N2O2S. The molecule has 0 saturated carbocycles. The predicted octanol–water partition coefficient (Wildman–Crippen LogP) is 3.59. The summed E-state index contributed by atoms with van der Waals surface area (Å²) >= 11 is 1.64. The van der Waals surface area contributed by atoms with Crippen LogP contribution in [0.3, 0.4) is 0 Å². The first-order valence-corrected chi connectivity index (χ1v) is 8.02. The first kappa shape index (κ1) is 16.2. The van der Waals surface area contributed by atoms with Crippen LogP contribution in [0, 0.1) is 11.3 Å². The number of nitriles is 1. The van der Waals surface area contributed by atoms with Crippen LogP contribution in [0.15, 0.2) is 46.1 Å². The molecule has 0 fully saturated rings. The molecule has 1 aliphatic rings. The molecule has 1 aromatic rings. The van der Waals surface area contributed by atoms with Gasteiger partial charge in [-0.3, -0.25) is 0 Å². The van der Waals surface area contributed by atoms with Crippen molar-refractivity contribution in [2.24, 2.45) is 0 Å². The fourth-order valence-corrected chi connectivity index (χ4v) is 3.71. The number of carboxylic acids is 1. The highest BCUT2D eigenvalue weighted by atomic mass is 32.2. The zero-order valence-electron chi connectivity index (χ0n) is 12.8. The minimum atomic E-state index is -0.931. The lowest BCUT2D eigenvalue weighted by atomic mass is 9.86. The van der Waals surface area contributed by atoms with E-state index in [0.29, 0.717) is 16.8 Å². The second kappa shape index (κ2) is 6.71. The molecule has 5 heteroatoms. The second-order valence-corrected chi connectivity index (χ2v) is 6.37. The molecule has 0 aliphatic carbocycles. The molecule has 1 unspecified atom stereocenters. The summed E-state index contributed by atoms with van der Waals surface area (Å²) in [6.07, 6.45) is 0. The molecule has 1 aliphatic heterocycles. The van der Waals surface area contributed by atoms with E-state index < -0.39 is 5.97 Å². The lowest BCUT2D eigenvalue weighted by Gasteiger charge is -2.30. The molecule has 1 atom stereocenters. The first-order valence-electron chi connectivity index (χ1n) is 7.04. The maximum Gasteiger partial charge on any atom is 0.334 e. The van der Waals surface area contributed by atoms with Crippen LogP contribution in [0.1, 0.15) is 37.8 Å². The Morgan fingerprint density at radius 1 is 1.41 bits per heavy atom. The number of hydrogen-bond acceptors (Lipinski definition) is 4. The minimum absolute atomic E-state index is 0.336. The summed E-state index contributed by atoms with van der Waals surface area (Å²) in [7, 11) is 0. The van der Waals surface area contributed by atoms with Gasteiger partial charge in [-0.1, -0.05) is 19.1 Å². The summed E-state index contributed by atoms with van der Waals surface area (Å²) in [6.45, 7) is 5.78. The van der Waals surface area contributed by atoms with E-state index in [2.05, 4.69) is 11.4 Å². The third-order valence-electron chi connectivity index (χ3n) is 3.58. The van der Waals surface area contributed by atoms with E-state index in [9.17, 15) is 9.90 Å². The first-order chi connectivity index (χ1) is 10.5. The van der Waals surface area contributed by atoms with E-state index in [-0.39, 0.29) is 5.92 Å². The van der Waals surface area contributed by atoms with Gasteiger partial charge in [0.1, 0.15) is 0 Å². The van der Waals surface area contributed by atoms with Crippen molar-refractivity contribution in [3.05, 3.63) is 57.3 Å². The Morgan fingerprint density at radius 2 is 2.14 bits per heavy atom. The molecule has 0 bridgehead atoms. The molecule has 2 rings (SSSR count). The predicted molar refractivity (Wildman–Crippen MR) is 88.2 cm³/mol. The van der Waals surface area contributed by atoms with Gasteiger partial charge in [-0.25, -0.2) is 4.79 Å². The van der Waals surface area contributed by atoms with Crippen molar-refractivity contribution < 1.29 is 9.90 Å². The molecule has 1 aromatic carbocycles. The van der Waals surface area contributed by atoms with Gasteiger partial charge in [-0.2, -0.15) is 5.26 Å². The van der Waals surface area contributed by atoms with Crippen molar-refractivity contribution in [3.8, 4) is 6.07 Å². The molecule has 0 radical (unpaired) electrons. The van der Waals surface area contributed by atoms with Crippen molar-refractivity contribution in [3.63, 3.8) is 0 Å². The van der Waals surface area contributed by atoms with Crippen LogP contribution in [0.25, 0.3) is 0 Å². The van der Waals surface area contributed by atoms with Crippen molar-refractivity contribution in [2.75, 3.05) is 5.75 Å². The standard InChI is InChI=1S/C17H18N2O2S/c1-4-22-16-11(3)19-10(2)14(17(20)21)15(16)13-7-5-6-12(8-13)9-18/h5-8,15,19H,4H2,1-3H3,(H,20,21). The van der Waals surface area contributed by atoms with Gasteiger partial charge in [-0.05, 0) is 37.3 Å². The third-order valence-corrected chi connectivity index (χ3v) is 4.72. The van der Waals surface area contributed by atoms with Gasteiger partial charge >= 0.3 is 5.97 Å². The van der Waals surface area contributed by atoms with Gasteiger partial charge in [0.15, 0.2) is 0 Å². The fraction of sp³-hybridized carbons (Fsp3) is 0.294. The third kappa shape index (κ3) is 3.02. The van der Waals surface area contributed by atoms with Gasteiger partial charge < -0.3 is 10.4 Å². The van der Waals surface area contributed by atoms with Crippen molar-refractivity contribution in [1.82, 2.24) is 5.32 Å². The maximum atomic E-state index is 11.8. The smallest absolute Gasteiger partial charge is 0.334 e. The number of allylic oxidation sites excluding steroid dienone is 3. The zero-order chi connectivity index (χ0) is 16.3. The number of nitrogens with zero attached hydrogens (tertiary/aromatic N) is 1. The number of benzene rings is 1. The van der Waals surface area contributed by atoms with Crippen molar-refractivity contribution in [2.45, 2.75) is 26.7 Å². The molecule has 0 spiro atoms.